The van der Waals surface area contributed by atoms with Crippen LogP contribution in [0.3, 0.4) is 0 Å². The summed E-state index contributed by atoms with van der Waals surface area (Å²) >= 11 is 0. The quantitative estimate of drug-likeness (QED) is 0.699. The van der Waals surface area contributed by atoms with Gasteiger partial charge in [0.05, 0.1) is 7.11 Å². The van der Waals surface area contributed by atoms with Gasteiger partial charge in [-0.15, -0.1) is 0 Å². The topological polar surface area (TPSA) is 106 Å². The van der Waals surface area contributed by atoms with Crippen molar-refractivity contribution in [1.29, 1.82) is 0 Å². The Hall–Kier alpha value is -3.16. The van der Waals surface area contributed by atoms with E-state index in [2.05, 4.69) is 9.97 Å². The smallest absolute Gasteiger partial charge is 0.328 e. The number of anilines is 1. The zero-order valence-electron chi connectivity index (χ0n) is 15.0. The lowest BCUT2D eigenvalue weighted by Gasteiger charge is -2.23. The Balaban J connectivity index is 1.86. The number of carbonyl (C=O) groups excluding carboxylic acids is 1. The molecule has 3 heterocycles. The van der Waals surface area contributed by atoms with Crippen LogP contribution >= 0.6 is 0 Å². The van der Waals surface area contributed by atoms with Crippen LogP contribution < -0.4 is 4.90 Å². The van der Waals surface area contributed by atoms with Gasteiger partial charge >= 0.3 is 11.9 Å². The van der Waals surface area contributed by atoms with E-state index >= 15 is 0 Å². The normalized spacial score (nSPS) is 19.7. The van der Waals surface area contributed by atoms with Gasteiger partial charge in [0.2, 0.25) is 0 Å². The maximum Gasteiger partial charge on any atom is 0.328 e. The fourth-order valence-corrected chi connectivity index (χ4v) is 3.79. The molecule has 0 aliphatic carbocycles. The van der Waals surface area contributed by atoms with E-state index in [1.165, 1.54) is 7.11 Å². The molecule has 2 aromatic heterocycles. The predicted octanol–water partition coefficient (Wildman–Crippen LogP) is 2.53. The third-order valence-electron chi connectivity index (χ3n) is 4.91. The minimum Gasteiger partial charge on any atom is -0.481 e. The number of ether oxygens (including phenoxy) is 1. The van der Waals surface area contributed by atoms with Gasteiger partial charge in [0.1, 0.15) is 23.0 Å². The molecule has 8 heteroatoms. The lowest BCUT2D eigenvalue weighted by Crippen LogP contribution is -2.37. The SMILES string of the molecule is COC(=O)[C@@H]1C[C@H](CC(=O)O)CN1c1nc(C)nc2c1oc1ccccc12. The highest BCUT2D eigenvalue weighted by molar-refractivity contribution is 6.06. The number of methoxy groups -OCH3 is 1. The number of para-hydroxylation sites is 1. The van der Waals surface area contributed by atoms with Crippen molar-refractivity contribution in [2.75, 3.05) is 18.6 Å². The maximum absolute atomic E-state index is 12.3. The molecule has 4 rings (SSSR count). The summed E-state index contributed by atoms with van der Waals surface area (Å²) in [5.41, 5.74) is 1.86. The highest BCUT2D eigenvalue weighted by Crippen LogP contribution is 2.37. The van der Waals surface area contributed by atoms with Gasteiger partial charge in [-0.1, -0.05) is 12.1 Å². The number of fused-ring (bicyclic) bond motifs is 3. The minimum absolute atomic E-state index is 0.0165. The second-order valence-electron chi connectivity index (χ2n) is 6.76. The molecule has 8 nitrogen and oxygen atoms in total. The summed E-state index contributed by atoms with van der Waals surface area (Å²) in [4.78, 5) is 34.3. The average molecular weight is 369 g/mol. The van der Waals surface area contributed by atoms with Crippen LogP contribution in [-0.4, -0.2) is 46.7 Å². The minimum atomic E-state index is -0.891. The molecule has 0 unspecified atom stereocenters. The summed E-state index contributed by atoms with van der Waals surface area (Å²) < 4.78 is 10.9. The number of aromatic nitrogens is 2. The standard InChI is InChI=1S/C19H19N3O5/c1-10-20-16-12-5-3-4-6-14(12)27-17(16)18(21-10)22-9-11(8-15(23)24)7-13(22)19(25)26-2/h3-6,11,13H,7-9H2,1-2H3,(H,23,24)/t11-,13+/m1/s1. The summed E-state index contributed by atoms with van der Waals surface area (Å²) in [5.74, 6) is -0.436. The molecule has 2 atom stereocenters. The van der Waals surface area contributed by atoms with Crippen molar-refractivity contribution in [1.82, 2.24) is 9.97 Å². The number of hydrogen-bond donors (Lipinski definition) is 1. The fraction of sp³-hybridized carbons (Fsp3) is 0.368. The number of hydrogen-bond acceptors (Lipinski definition) is 7. The van der Waals surface area contributed by atoms with Crippen molar-refractivity contribution in [2.45, 2.75) is 25.8 Å². The van der Waals surface area contributed by atoms with Crippen LogP contribution in [0.15, 0.2) is 28.7 Å². The lowest BCUT2D eigenvalue weighted by molar-refractivity contribution is -0.142. The summed E-state index contributed by atoms with van der Waals surface area (Å²) in [5, 5.41) is 10.0. The third-order valence-corrected chi connectivity index (χ3v) is 4.91. The molecule has 27 heavy (non-hydrogen) atoms. The van der Waals surface area contributed by atoms with Crippen molar-refractivity contribution in [3.8, 4) is 0 Å². The molecule has 1 fully saturated rings. The maximum atomic E-state index is 12.3. The van der Waals surface area contributed by atoms with E-state index in [0.717, 1.165) is 5.39 Å². The van der Waals surface area contributed by atoms with Gasteiger partial charge in [0, 0.05) is 18.4 Å². The predicted molar refractivity (Wildman–Crippen MR) is 97.6 cm³/mol. The highest BCUT2D eigenvalue weighted by Gasteiger charge is 2.40. The first-order valence-electron chi connectivity index (χ1n) is 8.70. The molecule has 1 saturated heterocycles. The van der Waals surface area contributed by atoms with Crippen LogP contribution in [0.2, 0.25) is 0 Å². The molecule has 0 spiro atoms. The fourth-order valence-electron chi connectivity index (χ4n) is 3.79. The first-order chi connectivity index (χ1) is 13.0. The van der Waals surface area contributed by atoms with Crippen LogP contribution in [0.4, 0.5) is 5.82 Å². The molecule has 0 radical (unpaired) electrons. The zero-order valence-corrected chi connectivity index (χ0v) is 15.0. The van der Waals surface area contributed by atoms with Crippen LogP contribution in [0.5, 0.6) is 0 Å². The van der Waals surface area contributed by atoms with Crippen molar-refractivity contribution in [3.05, 3.63) is 30.1 Å². The molecule has 0 saturated carbocycles. The molecule has 1 aliphatic heterocycles. The van der Waals surface area contributed by atoms with Crippen LogP contribution in [0.25, 0.3) is 22.1 Å². The number of rotatable bonds is 4. The number of carboxylic acid groups (broad SMARTS) is 1. The number of carbonyl (C=O) groups is 2. The molecular formula is C19H19N3O5. The monoisotopic (exact) mass is 369 g/mol. The number of aliphatic carboxylic acids is 1. The van der Waals surface area contributed by atoms with E-state index in [0.29, 0.717) is 41.3 Å². The van der Waals surface area contributed by atoms with Gasteiger partial charge in [-0.25, -0.2) is 14.8 Å². The molecule has 1 N–H and O–H groups in total. The Bertz CT molecular complexity index is 1040. The molecule has 0 bridgehead atoms. The van der Waals surface area contributed by atoms with Crippen LogP contribution in [0.1, 0.15) is 18.7 Å². The molecular weight excluding hydrogens is 350 g/mol. The van der Waals surface area contributed by atoms with Crippen LogP contribution in [0, 0.1) is 12.8 Å². The van der Waals surface area contributed by atoms with E-state index in [1.54, 1.807) is 11.8 Å². The van der Waals surface area contributed by atoms with Gasteiger partial charge < -0.3 is 19.2 Å². The Morgan fingerprint density at radius 1 is 1.33 bits per heavy atom. The second-order valence-corrected chi connectivity index (χ2v) is 6.76. The van der Waals surface area contributed by atoms with Crippen molar-refractivity contribution in [2.24, 2.45) is 5.92 Å². The van der Waals surface area contributed by atoms with E-state index in [9.17, 15) is 9.59 Å². The van der Waals surface area contributed by atoms with E-state index in [4.69, 9.17) is 14.3 Å². The summed E-state index contributed by atoms with van der Waals surface area (Å²) in [7, 11) is 1.33. The second kappa shape index (κ2) is 6.53. The number of carboxylic acids is 1. The number of esters is 1. The summed E-state index contributed by atoms with van der Waals surface area (Å²) in [6, 6.07) is 6.95. The molecule has 140 valence electrons. The summed E-state index contributed by atoms with van der Waals surface area (Å²) in [6.07, 6.45) is 0.376. The van der Waals surface area contributed by atoms with E-state index < -0.39 is 18.0 Å². The Morgan fingerprint density at radius 3 is 2.85 bits per heavy atom. The molecule has 3 aromatic rings. The number of nitrogens with zero attached hydrogens (tertiary/aromatic N) is 3. The first kappa shape index (κ1) is 17.3. The molecule has 0 amide bonds. The van der Waals surface area contributed by atoms with Gasteiger partial charge in [-0.2, -0.15) is 0 Å². The van der Waals surface area contributed by atoms with Crippen LogP contribution in [-0.2, 0) is 14.3 Å². The number of aryl methyl sites for hydroxylation is 1. The first-order valence-corrected chi connectivity index (χ1v) is 8.70. The number of furan rings is 1. The molecule has 1 aliphatic rings. The lowest BCUT2D eigenvalue weighted by atomic mass is 10.0. The van der Waals surface area contributed by atoms with Gasteiger partial charge in [0.25, 0.3) is 0 Å². The third kappa shape index (κ3) is 2.97. The zero-order chi connectivity index (χ0) is 19.1. The summed E-state index contributed by atoms with van der Waals surface area (Å²) in [6.45, 7) is 2.16. The van der Waals surface area contributed by atoms with Crippen molar-refractivity contribution < 1.29 is 23.8 Å². The van der Waals surface area contributed by atoms with E-state index in [-0.39, 0.29) is 12.3 Å². The van der Waals surface area contributed by atoms with Gasteiger partial charge in [-0.3, -0.25) is 4.79 Å². The number of benzene rings is 1. The Morgan fingerprint density at radius 2 is 2.11 bits per heavy atom. The van der Waals surface area contributed by atoms with Crippen molar-refractivity contribution in [3.63, 3.8) is 0 Å². The largest absolute Gasteiger partial charge is 0.481 e. The Labute approximate surface area is 154 Å². The average Bonchev–Trinajstić information content (AvgIpc) is 3.21. The van der Waals surface area contributed by atoms with E-state index in [1.807, 2.05) is 24.3 Å². The van der Waals surface area contributed by atoms with Gasteiger partial charge in [0.15, 0.2) is 11.4 Å². The highest BCUT2D eigenvalue weighted by atomic mass is 16.5. The van der Waals surface area contributed by atoms with Gasteiger partial charge in [-0.05, 0) is 31.4 Å². The van der Waals surface area contributed by atoms with Crippen molar-refractivity contribution >= 4 is 39.8 Å². The molecule has 1 aromatic carbocycles. The Kier molecular flexibility index (Phi) is 4.18.